The smallest absolute Gasteiger partial charge is 0.344 e. The molecule has 0 saturated carbocycles. The lowest BCUT2D eigenvalue weighted by Crippen LogP contribution is -2.25. The van der Waals surface area contributed by atoms with Crippen LogP contribution in [-0.4, -0.2) is 24.5 Å². The van der Waals surface area contributed by atoms with Crippen LogP contribution < -0.4 is 9.47 Å². The lowest BCUT2D eigenvalue weighted by Gasteiger charge is -2.14. The minimum absolute atomic E-state index is 0.218. The van der Waals surface area contributed by atoms with E-state index in [1.54, 1.807) is 24.3 Å². The highest BCUT2D eigenvalue weighted by Crippen LogP contribution is 2.37. The third-order valence-electron chi connectivity index (χ3n) is 3.25. The Labute approximate surface area is 165 Å². The lowest BCUT2D eigenvalue weighted by molar-refractivity contribution is -0.155. The van der Waals surface area contributed by atoms with E-state index in [4.69, 9.17) is 49.0 Å². The molecule has 0 aromatic heterocycles. The van der Waals surface area contributed by atoms with Gasteiger partial charge in [-0.2, -0.15) is 0 Å². The minimum Gasteiger partial charge on any atom is -0.478 e. The maximum Gasteiger partial charge on any atom is 0.344 e. The quantitative estimate of drug-likeness (QED) is 0.569. The topological polar surface area (TPSA) is 61.8 Å². The van der Waals surface area contributed by atoms with Gasteiger partial charge in [0.1, 0.15) is 5.75 Å². The summed E-state index contributed by atoms with van der Waals surface area (Å²) in [7, 11) is 0. The van der Waals surface area contributed by atoms with Crippen molar-refractivity contribution in [1.29, 1.82) is 0 Å². The molecule has 0 amide bonds. The van der Waals surface area contributed by atoms with Gasteiger partial charge in [0, 0.05) is 16.1 Å². The van der Waals surface area contributed by atoms with Gasteiger partial charge in [-0.15, -0.1) is 0 Å². The predicted molar refractivity (Wildman–Crippen MR) is 99.7 cm³/mol. The van der Waals surface area contributed by atoms with Crippen molar-refractivity contribution >= 4 is 46.6 Å². The average molecular weight is 418 g/mol. The highest BCUT2D eigenvalue weighted by Gasteiger charge is 2.16. The highest BCUT2D eigenvalue weighted by atomic mass is 35.5. The van der Waals surface area contributed by atoms with E-state index in [1.807, 2.05) is 0 Å². The number of halogens is 3. The number of benzene rings is 2. The molecule has 0 spiro atoms. The molecule has 0 radical (unpaired) electrons. The fourth-order valence-electron chi connectivity index (χ4n) is 1.81. The van der Waals surface area contributed by atoms with Gasteiger partial charge in [0.25, 0.3) is 0 Å². The maximum atomic E-state index is 11.8. The first-order chi connectivity index (χ1) is 12.3. The van der Waals surface area contributed by atoms with Crippen molar-refractivity contribution in [3.8, 4) is 17.2 Å². The van der Waals surface area contributed by atoms with E-state index in [1.165, 1.54) is 26.0 Å². The van der Waals surface area contributed by atoms with Gasteiger partial charge >= 0.3 is 5.97 Å². The Hall–Kier alpha value is -1.95. The van der Waals surface area contributed by atoms with E-state index in [9.17, 15) is 9.59 Å². The van der Waals surface area contributed by atoms with Crippen LogP contribution in [0.3, 0.4) is 0 Å². The van der Waals surface area contributed by atoms with Crippen molar-refractivity contribution in [3.05, 3.63) is 51.5 Å². The number of Topliss-reactive ketones (excluding diaryl/α,β-unsaturated/α-hetero) is 1. The van der Waals surface area contributed by atoms with Gasteiger partial charge in [0.05, 0.1) is 5.02 Å². The molecule has 2 rings (SSSR count). The molecule has 1 atom stereocenters. The normalized spacial score (nSPS) is 11.6. The van der Waals surface area contributed by atoms with Crippen LogP contribution >= 0.6 is 34.8 Å². The molecule has 0 fully saturated rings. The first-order valence-corrected chi connectivity index (χ1v) is 8.65. The molecule has 1 unspecified atom stereocenters. The Morgan fingerprint density at radius 1 is 0.962 bits per heavy atom. The number of ether oxygens (including phenoxy) is 3. The van der Waals surface area contributed by atoms with Gasteiger partial charge < -0.3 is 14.2 Å². The molecule has 138 valence electrons. The van der Waals surface area contributed by atoms with Crippen LogP contribution in [0.15, 0.2) is 36.4 Å². The number of ketones is 1. The van der Waals surface area contributed by atoms with Gasteiger partial charge in [-0.1, -0.05) is 34.8 Å². The van der Waals surface area contributed by atoms with Crippen LogP contribution in [0, 0.1) is 0 Å². The molecule has 2 aromatic rings. The van der Waals surface area contributed by atoms with E-state index >= 15 is 0 Å². The summed E-state index contributed by atoms with van der Waals surface area (Å²) in [6.07, 6.45) is -0.839. The van der Waals surface area contributed by atoms with Crippen molar-refractivity contribution < 1.29 is 23.8 Å². The van der Waals surface area contributed by atoms with Crippen molar-refractivity contribution in [3.63, 3.8) is 0 Å². The number of hydrogen-bond acceptors (Lipinski definition) is 5. The second-order valence-corrected chi connectivity index (χ2v) is 6.58. The molecule has 0 N–H and O–H groups in total. The molecule has 2 aromatic carbocycles. The molecule has 0 aliphatic carbocycles. The fraction of sp³-hybridized carbons (Fsp3) is 0.222. The molecule has 0 aliphatic heterocycles. The summed E-state index contributed by atoms with van der Waals surface area (Å²) in [5, 5.41) is 1.17. The van der Waals surface area contributed by atoms with Crippen LogP contribution in [0.25, 0.3) is 0 Å². The Morgan fingerprint density at radius 2 is 1.58 bits per heavy atom. The first-order valence-electron chi connectivity index (χ1n) is 7.51. The SMILES string of the molecule is CC(=O)C(C)OC(=O)COc1cc(Cl)ccc1Oc1ccc(Cl)cc1Cl. The molecule has 8 heteroatoms. The summed E-state index contributed by atoms with van der Waals surface area (Å²) in [6.45, 7) is 2.40. The van der Waals surface area contributed by atoms with E-state index in [0.29, 0.717) is 26.6 Å². The largest absolute Gasteiger partial charge is 0.478 e. The summed E-state index contributed by atoms with van der Waals surface area (Å²) in [4.78, 5) is 22.9. The Kier molecular flexibility index (Phi) is 7.14. The van der Waals surface area contributed by atoms with Gasteiger partial charge in [-0.25, -0.2) is 4.79 Å². The van der Waals surface area contributed by atoms with Gasteiger partial charge in [0.15, 0.2) is 30.0 Å². The minimum atomic E-state index is -0.839. The van der Waals surface area contributed by atoms with Crippen LogP contribution in [0.2, 0.25) is 15.1 Å². The summed E-state index contributed by atoms with van der Waals surface area (Å²) in [6, 6.07) is 9.43. The third kappa shape index (κ3) is 5.80. The van der Waals surface area contributed by atoms with Crippen molar-refractivity contribution in [2.75, 3.05) is 6.61 Å². The summed E-state index contributed by atoms with van der Waals surface area (Å²) in [5.74, 6) is -0.0799. The summed E-state index contributed by atoms with van der Waals surface area (Å²) < 4.78 is 16.1. The average Bonchev–Trinajstić information content (AvgIpc) is 2.57. The summed E-state index contributed by atoms with van der Waals surface area (Å²) >= 11 is 17.9. The zero-order valence-corrected chi connectivity index (χ0v) is 16.2. The zero-order chi connectivity index (χ0) is 19.3. The van der Waals surface area contributed by atoms with Gasteiger partial charge in [-0.05, 0) is 44.2 Å². The Morgan fingerprint density at radius 3 is 2.19 bits per heavy atom. The van der Waals surface area contributed by atoms with Crippen LogP contribution in [-0.2, 0) is 14.3 Å². The van der Waals surface area contributed by atoms with Crippen LogP contribution in [0.5, 0.6) is 17.2 Å². The number of carbonyl (C=O) groups excluding carboxylic acids is 2. The van der Waals surface area contributed by atoms with Crippen molar-refractivity contribution in [1.82, 2.24) is 0 Å². The Bertz CT molecular complexity index is 822. The van der Waals surface area contributed by atoms with Gasteiger partial charge in [-0.3, -0.25) is 4.79 Å². The molecule has 0 saturated heterocycles. The van der Waals surface area contributed by atoms with Crippen LogP contribution in [0.1, 0.15) is 13.8 Å². The monoisotopic (exact) mass is 416 g/mol. The predicted octanol–water partition coefficient (Wildman–Crippen LogP) is 5.34. The molecular weight excluding hydrogens is 403 g/mol. The van der Waals surface area contributed by atoms with Crippen molar-refractivity contribution in [2.24, 2.45) is 0 Å². The van der Waals surface area contributed by atoms with Crippen molar-refractivity contribution in [2.45, 2.75) is 20.0 Å². The first kappa shape index (κ1) is 20.4. The molecule has 26 heavy (non-hydrogen) atoms. The second kappa shape index (κ2) is 9.12. The molecule has 0 heterocycles. The highest BCUT2D eigenvalue weighted by molar-refractivity contribution is 6.35. The lowest BCUT2D eigenvalue weighted by atomic mass is 10.3. The Balaban J connectivity index is 2.12. The van der Waals surface area contributed by atoms with E-state index in [-0.39, 0.29) is 11.5 Å². The number of carbonyl (C=O) groups is 2. The van der Waals surface area contributed by atoms with E-state index in [2.05, 4.69) is 0 Å². The number of esters is 1. The molecule has 0 aliphatic rings. The number of hydrogen-bond donors (Lipinski definition) is 0. The van der Waals surface area contributed by atoms with Crippen LogP contribution in [0.4, 0.5) is 0 Å². The zero-order valence-electron chi connectivity index (χ0n) is 13.9. The molecular formula is C18H15Cl3O5. The summed E-state index contributed by atoms with van der Waals surface area (Å²) in [5.41, 5.74) is 0. The standard InChI is InChI=1S/C18H15Cl3O5/c1-10(22)11(2)25-18(23)9-24-17-8-13(20)4-6-16(17)26-15-5-3-12(19)7-14(15)21/h3-8,11H,9H2,1-2H3. The molecule has 5 nitrogen and oxygen atoms in total. The second-order valence-electron chi connectivity index (χ2n) is 5.30. The van der Waals surface area contributed by atoms with E-state index < -0.39 is 18.7 Å². The fourth-order valence-corrected chi connectivity index (χ4v) is 2.42. The van der Waals surface area contributed by atoms with E-state index in [0.717, 1.165) is 0 Å². The van der Waals surface area contributed by atoms with Gasteiger partial charge in [0.2, 0.25) is 0 Å². The molecule has 0 bridgehead atoms. The third-order valence-corrected chi connectivity index (χ3v) is 4.01. The number of rotatable bonds is 7. The maximum absolute atomic E-state index is 11.8.